The van der Waals surface area contributed by atoms with Crippen molar-refractivity contribution in [2.45, 2.75) is 45.2 Å². The Hall–Kier alpha value is -3.44. The van der Waals surface area contributed by atoms with Crippen LogP contribution in [0.1, 0.15) is 47.7 Å². The number of hydrogen-bond donors (Lipinski definition) is 2. The third kappa shape index (κ3) is 6.53. The van der Waals surface area contributed by atoms with Crippen molar-refractivity contribution in [2.75, 3.05) is 6.61 Å². The number of unbranched alkanes of at least 4 members (excludes halogenated alkanes) is 1. The van der Waals surface area contributed by atoms with E-state index >= 15 is 0 Å². The highest BCUT2D eigenvalue weighted by molar-refractivity contribution is 5.96. The molecule has 0 aliphatic carbocycles. The Balaban J connectivity index is 1.83. The second-order valence-electron chi connectivity index (χ2n) is 8.20. The highest BCUT2D eigenvalue weighted by atomic mass is 16.4. The molecule has 0 bridgehead atoms. The Kier molecular flexibility index (Phi) is 8.79. The second kappa shape index (κ2) is 12.0. The first-order valence-electron chi connectivity index (χ1n) is 11.4. The van der Waals surface area contributed by atoms with Gasteiger partial charge in [0.1, 0.15) is 0 Å². The van der Waals surface area contributed by atoms with Crippen LogP contribution in [0.2, 0.25) is 0 Å². The normalized spacial score (nSPS) is 11.7. The Labute approximate surface area is 195 Å². The highest BCUT2D eigenvalue weighted by Crippen LogP contribution is 2.25. The molecule has 172 valence electrons. The fraction of sp³-hybridized carbons (Fsp3) is 0.286. The summed E-state index contributed by atoms with van der Waals surface area (Å²) in [4.78, 5) is 26.4. The summed E-state index contributed by atoms with van der Waals surface area (Å²) in [5.41, 5.74) is 3.73. The number of benzene rings is 3. The topological polar surface area (TPSA) is 77.8 Å². The van der Waals surface area contributed by atoms with Crippen molar-refractivity contribution in [1.29, 1.82) is 0 Å². The number of aromatic carboxylic acids is 1. The molecular weight excluding hydrogens is 414 g/mol. The van der Waals surface area contributed by atoms with Gasteiger partial charge < -0.3 is 15.1 Å². The van der Waals surface area contributed by atoms with E-state index in [1.807, 2.05) is 60.7 Å². The molecule has 3 aromatic rings. The summed E-state index contributed by atoms with van der Waals surface area (Å²) >= 11 is 0. The van der Waals surface area contributed by atoms with E-state index in [4.69, 9.17) is 0 Å². The number of hydrogen-bond acceptors (Lipinski definition) is 3. The average Bonchev–Trinajstić information content (AvgIpc) is 2.85. The summed E-state index contributed by atoms with van der Waals surface area (Å²) < 4.78 is 0. The van der Waals surface area contributed by atoms with Crippen molar-refractivity contribution >= 4 is 11.9 Å². The van der Waals surface area contributed by atoms with Gasteiger partial charge in [-0.15, -0.1) is 0 Å². The molecule has 0 saturated carbocycles. The number of carbonyl (C=O) groups is 2. The Morgan fingerprint density at radius 2 is 1.55 bits per heavy atom. The Morgan fingerprint density at radius 1 is 0.879 bits per heavy atom. The Bertz CT molecular complexity index is 1050. The number of carbonyl (C=O) groups excluding carboxylic acids is 1. The lowest BCUT2D eigenvalue weighted by Crippen LogP contribution is -2.43. The lowest BCUT2D eigenvalue weighted by molar-refractivity contribution is -0.135. The molecule has 0 unspecified atom stereocenters. The SMILES string of the molecule is CCCCC(=O)N(Cc1ccc(-c2ccccc2C(=O)O)cc1)[C@H](CO)Cc1ccccc1. The first-order valence-corrected chi connectivity index (χ1v) is 11.4. The van der Waals surface area contributed by atoms with Crippen molar-refractivity contribution in [3.63, 3.8) is 0 Å². The van der Waals surface area contributed by atoms with Crippen LogP contribution in [-0.2, 0) is 17.8 Å². The summed E-state index contributed by atoms with van der Waals surface area (Å²) in [5.74, 6) is -0.929. The third-order valence-electron chi connectivity index (χ3n) is 5.81. The molecule has 0 heterocycles. The molecule has 1 atom stereocenters. The molecule has 0 spiro atoms. The van der Waals surface area contributed by atoms with Crippen molar-refractivity contribution in [3.05, 3.63) is 95.6 Å². The van der Waals surface area contributed by atoms with Crippen molar-refractivity contribution < 1.29 is 19.8 Å². The van der Waals surface area contributed by atoms with Crippen molar-refractivity contribution in [3.8, 4) is 11.1 Å². The van der Waals surface area contributed by atoms with E-state index in [1.54, 1.807) is 23.1 Å². The van der Waals surface area contributed by atoms with Gasteiger partial charge in [0.2, 0.25) is 5.91 Å². The van der Waals surface area contributed by atoms with Crippen LogP contribution in [0.4, 0.5) is 0 Å². The number of aliphatic hydroxyl groups is 1. The van der Waals surface area contributed by atoms with Gasteiger partial charge in [-0.1, -0.05) is 86.1 Å². The number of amides is 1. The van der Waals surface area contributed by atoms with Crippen LogP contribution < -0.4 is 0 Å². The molecule has 0 fully saturated rings. The molecule has 5 heteroatoms. The molecule has 33 heavy (non-hydrogen) atoms. The van der Waals surface area contributed by atoms with E-state index in [9.17, 15) is 19.8 Å². The summed E-state index contributed by atoms with van der Waals surface area (Å²) in [5, 5.41) is 19.6. The van der Waals surface area contributed by atoms with Gasteiger partial charge in [0.25, 0.3) is 0 Å². The Morgan fingerprint density at radius 3 is 2.18 bits per heavy atom. The summed E-state index contributed by atoms with van der Waals surface area (Å²) in [6, 6.07) is 24.1. The lowest BCUT2D eigenvalue weighted by atomic mass is 9.98. The van der Waals surface area contributed by atoms with E-state index < -0.39 is 5.97 Å². The monoisotopic (exact) mass is 445 g/mol. The lowest BCUT2D eigenvalue weighted by Gasteiger charge is -2.31. The van der Waals surface area contributed by atoms with Gasteiger partial charge in [-0.05, 0) is 41.2 Å². The number of carboxylic acids is 1. The number of rotatable bonds is 11. The maximum Gasteiger partial charge on any atom is 0.336 e. The second-order valence-corrected chi connectivity index (χ2v) is 8.20. The van der Waals surface area contributed by atoms with Gasteiger partial charge in [-0.2, -0.15) is 0 Å². The molecule has 0 saturated heterocycles. The largest absolute Gasteiger partial charge is 0.478 e. The van der Waals surface area contributed by atoms with Crippen LogP contribution in [0, 0.1) is 0 Å². The molecule has 5 nitrogen and oxygen atoms in total. The van der Waals surface area contributed by atoms with Gasteiger partial charge >= 0.3 is 5.97 Å². The summed E-state index contributed by atoms with van der Waals surface area (Å²) in [6.07, 6.45) is 2.77. The average molecular weight is 446 g/mol. The molecule has 0 aliphatic heterocycles. The molecule has 1 amide bonds. The third-order valence-corrected chi connectivity index (χ3v) is 5.81. The fourth-order valence-corrected chi connectivity index (χ4v) is 3.96. The van der Waals surface area contributed by atoms with Crippen molar-refractivity contribution in [2.24, 2.45) is 0 Å². The van der Waals surface area contributed by atoms with Crippen LogP contribution in [0.3, 0.4) is 0 Å². The maximum absolute atomic E-state index is 13.1. The summed E-state index contributed by atoms with van der Waals surface area (Å²) in [6.45, 7) is 2.33. The van der Waals surface area contributed by atoms with Crippen LogP contribution in [0.25, 0.3) is 11.1 Å². The van der Waals surface area contributed by atoms with Crippen LogP contribution in [0.15, 0.2) is 78.9 Å². The number of carboxylic acid groups (broad SMARTS) is 1. The first kappa shape index (κ1) is 24.2. The number of nitrogens with zero attached hydrogens (tertiary/aromatic N) is 1. The van der Waals surface area contributed by atoms with Crippen molar-refractivity contribution in [1.82, 2.24) is 4.90 Å². The zero-order valence-corrected chi connectivity index (χ0v) is 19.0. The predicted octanol–water partition coefficient (Wildman–Crippen LogP) is 5.17. The van der Waals surface area contributed by atoms with E-state index in [0.29, 0.717) is 24.9 Å². The minimum Gasteiger partial charge on any atom is -0.478 e. The zero-order chi connectivity index (χ0) is 23.6. The van der Waals surface area contributed by atoms with Gasteiger partial charge in [-0.25, -0.2) is 4.79 Å². The van der Waals surface area contributed by atoms with Gasteiger partial charge in [0.15, 0.2) is 0 Å². The molecular formula is C28H31NO4. The van der Waals surface area contributed by atoms with E-state index in [1.165, 1.54) is 0 Å². The molecule has 2 N–H and O–H groups in total. The number of aliphatic hydroxyl groups excluding tert-OH is 1. The standard InChI is InChI=1S/C28H31NO4/c1-2-3-13-27(31)29(24(20-30)18-21-9-5-4-6-10-21)19-22-14-16-23(17-15-22)25-11-7-8-12-26(25)28(32)33/h4-12,14-17,24,30H,2-3,13,18-20H2,1H3,(H,32,33)/t24-/m0/s1. The molecule has 0 aromatic heterocycles. The van der Waals surface area contributed by atoms with Crippen LogP contribution in [0.5, 0.6) is 0 Å². The van der Waals surface area contributed by atoms with Crippen LogP contribution >= 0.6 is 0 Å². The van der Waals surface area contributed by atoms with Gasteiger partial charge in [0.05, 0.1) is 18.2 Å². The molecule has 3 rings (SSSR count). The minimum atomic E-state index is -0.964. The molecule has 0 radical (unpaired) electrons. The van der Waals surface area contributed by atoms with Crippen LogP contribution in [-0.4, -0.2) is 39.6 Å². The highest BCUT2D eigenvalue weighted by Gasteiger charge is 2.23. The minimum absolute atomic E-state index is 0.0344. The molecule has 0 aliphatic rings. The van der Waals surface area contributed by atoms with E-state index in [0.717, 1.165) is 29.5 Å². The van der Waals surface area contributed by atoms with Gasteiger partial charge in [-0.3, -0.25) is 4.79 Å². The van der Waals surface area contributed by atoms with E-state index in [2.05, 4.69) is 6.92 Å². The first-order chi connectivity index (χ1) is 16.0. The smallest absolute Gasteiger partial charge is 0.336 e. The maximum atomic E-state index is 13.1. The van der Waals surface area contributed by atoms with Gasteiger partial charge in [0, 0.05) is 13.0 Å². The predicted molar refractivity (Wildman–Crippen MR) is 130 cm³/mol. The quantitative estimate of drug-likeness (QED) is 0.427. The zero-order valence-electron chi connectivity index (χ0n) is 19.0. The van der Waals surface area contributed by atoms with E-state index in [-0.39, 0.29) is 24.1 Å². The fourth-order valence-electron chi connectivity index (χ4n) is 3.96. The summed E-state index contributed by atoms with van der Waals surface area (Å²) in [7, 11) is 0. The molecule has 3 aromatic carbocycles.